The molecule has 0 radical (unpaired) electrons. The zero-order valence-electron chi connectivity index (χ0n) is 13.7. The van der Waals surface area contributed by atoms with Crippen LogP contribution in [0.3, 0.4) is 0 Å². The second-order valence-electron chi connectivity index (χ2n) is 5.53. The summed E-state index contributed by atoms with van der Waals surface area (Å²) in [6, 6.07) is 18.7. The molecule has 3 rings (SSSR count). The molecule has 2 amide bonds. The van der Waals surface area contributed by atoms with Gasteiger partial charge in [0.05, 0.1) is 18.0 Å². The maximum atomic E-state index is 12.7. The van der Waals surface area contributed by atoms with Gasteiger partial charge in [0.1, 0.15) is 0 Å². The summed E-state index contributed by atoms with van der Waals surface area (Å²) >= 11 is 0. The number of urea groups is 1. The Balaban J connectivity index is 1.78. The molecule has 0 saturated heterocycles. The minimum atomic E-state index is -0.266. The fourth-order valence-corrected chi connectivity index (χ4v) is 2.56. The fraction of sp³-hybridized carbons (Fsp3) is 0.158. The van der Waals surface area contributed by atoms with Crippen LogP contribution in [0.4, 0.5) is 10.5 Å². The van der Waals surface area contributed by atoms with Crippen LogP contribution in [0.1, 0.15) is 5.56 Å². The van der Waals surface area contributed by atoms with E-state index in [1.165, 1.54) is 0 Å². The lowest BCUT2D eigenvalue weighted by Crippen LogP contribution is -2.36. The molecule has 0 unspecified atom stereocenters. The molecule has 0 aliphatic carbocycles. The third-order valence-corrected chi connectivity index (χ3v) is 3.77. The van der Waals surface area contributed by atoms with E-state index in [0.717, 1.165) is 11.3 Å². The number of anilines is 1. The molecule has 2 aromatic carbocycles. The number of aromatic nitrogens is 2. The van der Waals surface area contributed by atoms with Gasteiger partial charge >= 0.3 is 6.03 Å². The molecule has 0 aliphatic heterocycles. The number of aliphatic hydroxyl groups is 1. The fourth-order valence-electron chi connectivity index (χ4n) is 2.56. The number of carbonyl (C=O) groups is 1. The average molecular weight is 336 g/mol. The number of rotatable bonds is 6. The number of amides is 2. The Labute approximate surface area is 146 Å². The largest absolute Gasteiger partial charge is 0.395 e. The summed E-state index contributed by atoms with van der Waals surface area (Å²) in [6.45, 7) is 0.586. The summed E-state index contributed by atoms with van der Waals surface area (Å²) in [5.74, 6) is 0. The van der Waals surface area contributed by atoms with Crippen molar-refractivity contribution in [1.29, 1.82) is 0 Å². The molecule has 0 saturated carbocycles. The Morgan fingerprint density at radius 2 is 1.84 bits per heavy atom. The summed E-state index contributed by atoms with van der Waals surface area (Å²) in [4.78, 5) is 14.3. The van der Waals surface area contributed by atoms with E-state index in [1.807, 2.05) is 66.9 Å². The molecule has 0 bridgehead atoms. The van der Waals surface area contributed by atoms with Gasteiger partial charge in [0.15, 0.2) is 0 Å². The van der Waals surface area contributed by atoms with Crippen LogP contribution in [0.5, 0.6) is 0 Å². The van der Waals surface area contributed by atoms with E-state index in [-0.39, 0.29) is 19.2 Å². The van der Waals surface area contributed by atoms with Gasteiger partial charge in [0.2, 0.25) is 0 Å². The first-order valence-electron chi connectivity index (χ1n) is 8.07. The number of carbonyl (C=O) groups excluding carboxylic acids is 1. The smallest absolute Gasteiger partial charge is 0.322 e. The van der Waals surface area contributed by atoms with E-state index < -0.39 is 0 Å². The highest BCUT2D eigenvalue weighted by molar-refractivity contribution is 5.91. The number of benzene rings is 2. The lowest BCUT2D eigenvalue weighted by molar-refractivity contribution is 0.185. The van der Waals surface area contributed by atoms with E-state index >= 15 is 0 Å². The van der Waals surface area contributed by atoms with Crippen molar-refractivity contribution in [3.63, 3.8) is 0 Å². The number of nitrogens with one attached hydrogen (secondary N) is 1. The van der Waals surface area contributed by atoms with Gasteiger partial charge in [-0.2, -0.15) is 5.10 Å². The molecule has 0 fully saturated rings. The van der Waals surface area contributed by atoms with Gasteiger partial charge in [-0.25, -0.2) is 9.48 Å². The Morgan fingerprint density at radius 1 is 1.08 bits per heavy atom. The standard InChI is InChI=1S/C19H20N4O2/c24-14-13-22(15-16-7-2-1-3-8-16)19(25)21-17-9-4-5-10-18(17)23-12-6-11-20-23/h1-12,24H,13-15H2,(H,21,25). The monoisotopic (exact) mass is 336 g/mol. The number of nitrogens with zero attached hydrogens (tertiary/aromatic N) is 3. The highest BCUT2D eigenvalue weighted by Gasteiger charge is 2.15. The van der Waals surface area contributed by atoms with Crippen LogP contribution in [-0.4, -0.2) is 39.0 Å². The van der Waals surface area contributed by atoms with Crippen molar-refractivity contribution in [2.45, 2.75) is 6.54 Å². The highest BCUT2D eigenvalue weighted by atomic mass is 16.3. The predicted octanol–water partition coefficient (Wildman–Crippen LogP) is 2.90. The first kappa shape index (κ1) is 16.7. The second-order valence-corrected chi connectivity index (χ2v) is 5.53. The number of hydrogen-bond acceptors (Lipinski definition) is 3. The molecular weight excluding hydrogens is 316 g/mol. The van der Waals surface area contributed by atoms with E-state index in [2.05, 4.69) is 10.4 Å². The molecule has 6 nitrogen and oxygen atoms in total. The van der Waals surface area contributed by atoms with Gasteiger partial charge in [-0.15, -0.1) is 0 Å². The number of para-hydroxylation sites is 2. The molecule has 0 aliphatic rings. The van der Waals surface area contributed by atoms with Crippen molar-refractivity contribution in [1.82, 2.24) is 14.7 Å². The number of aliphatic hydroxyl groups excluding tert-OH is 1. The van der Waals surface area contributed by atoms with Crippen molar-refractivity contribution in [2.24, 2.45) is 0 Å². The zero-order valence-corrected chi connectivity index (χ0v) is 13.7. The minimum absolute atomic E-state index is 0.0962. The summed E-state index contributed by atoms with van der Waals surface area (Å²) in [5, 5.41) is 16.4. The topological polar surface area (TPSA) is 70.4 Å². The Morgan fingerprint density at radius 3 is 2.56 bits per heavy atom. The second kappa shape index (κ2) is 8.12. The number of hydrogen-bond donors (Lipinski definition) is 2. The van der Waals surface area contributed by atoms with Gasteiger partial charge in [0.25, 0.3) is 0 Å². The minimum Gasteiger partial charge on any atom is -0.395 e. The van der Waals surface area contributed by atoms with Crippen LogP contribution < -0.4 is 5.32 Å². The quantitative estimate of drug-likeness (QED) is 0.727. The molecule has 1 aromatic heterocycles. The van der Waals surface area contributed by atoms with Crippen molar-refractivity contribution < 1.29 is 9.90 Å². The maximum Gasteiger partial charge on any atom is 0.322 e. The molecular formula is C19H20N4O2. The van der Waals surface area contributed by atoms with Gasteiger partial charge < -0.3 is 15.3 Å². The van der Waals surface area contributed by atoms with Crippen LogP contribution >= 0.6 is 0 Å². The van der Waals surface area contributed by atoms with Crippen molar-refractivity contribution in [3.8, 4) is 5.69 Å². The first-order valence-corrected chi connectivity index (χ1v) is 8.07. The highest BCUT2D eigenvalue weighted by Crippen LogP contribution is 2.19. The first-order chi connectivity index (χ1) is 12.3. The van der Waals surface area contributed by atoms with Crippen molar-refractivity contribution in [2.75, 3.05) is 18.5 Å². The van der Waals surface area contributed by atoms with Crippen LogP contribution in [0, 0.1) is 0 Å². The molecule has 25 heavy (non-hydrogen) atoms. The van der Waals surface area contributed by atoms with Crippen LogP contribution in [0.15, 0.2) is 73.1 Å². The Kier molecular flexibility index (Phi) is 5.43. The lowest BCUT2D eigenvalue weighted by atomic mass is 10.2. The van der Waals surface area contributed by atoms with E-state index in [0.29, 0.717) is 12.2 Å². The summed E-state index contributed by atoms with van der Waals surface area (Å²) in [7, 11) is 0. The molecule has 128 valence electrons. The molecule has 0 atom stereocenters. The van der Waals surface area contributed by atoms with Gasteiger partial charge in [-0.1, -0.05) is 42.5 Å². The van der Waals surface area contributed by atoms with Crippen molar-refractivity contribution >= 4 is 11.7 Å². The predicted molar refractivity (Wildman–Crippen MR) is 96.5 cm³/mol. The van der Waals surface area contributed by atoms with E-state index in [4.69, 9.17) is 0 Å². The SMILES string of the molecule is O=C(Nc1ccccc1-n1cccn1)N(CCO)Cc1ccccc1. The Bertz CT molecular complexity index is 803. The molecule has 3 aromatic rings. The van der Waals surface area contributed by atoms with Gasteiger partial charge in [-0.3, -0.25) is 0 Å². The summed E-state index contributed by atoms with van der Waals surface area (Å²) in [5.41, 5.74) is 2.45. The van der Waals surface area contributed by atoms with E-state index in [9.17, 15) is 9.90 Å². The zero-order chi connectivity index (χ0) is 17.5. The van der Waals surface area contributed by atoms with Gasteiger partial charge in [-0.05, 0) is 23.8 Å². The van der Waals surface area contributed by atoms with Crippen LogP contribution in [0.2, 0.25) is 0 Å². The van der Waals surface area contributed by atoms with E-state index in [1.54, 1.807) is 15.8 Å². The normalized spacial score (nSPS) is 10.4. The third-order valence-electron chi connectivity index (χ3n) is 3.77. The summed E-state index contributed by atoms with van der Waals surface area (Å²) in [6.07, 6.45) is 3.51. The van der Waals surface area contributed by atoms with Crippen molar-refractivity contribution in [3.05, 3.63) is 78.6 Å². The van der Waals surface area contributed by atoms with Crippen LogP contribution in [-0.2, 0) is 6.54 Å². The third kappa shape index (κ3) is 4.24. The lowest BCUT2D eigenvalue weighted by Gasteiger charge is -2.23. The molecule has 1 heterocycles. The molecule has 2 N–H and O–H groups in total. The maximum absolute atomic E-state index is 12.7. The molecule has 0 spiro atoms. The average Bonchev–Trinajstić information content (AvgIpc) is 3.17. The Hall–Kier alpha value is -3.12. The molecule has 6 heteroatoms. The van der Waals surface area contributed by atoms with Crippen LogP contribution in [0.25, 0.3) is 5.69 Å². The summed E-state index contributed by atoms with van der Waals surface area (Å²) < 4.78 is 1.70. The van der Waals surface area contributed by atoms with Gasteiger partial charge in [0, 0.05) is 25.5 Å².